The molecule has 1 spiro atoms. The lowest BCUT2D eigenvalue weighted by molar-refractivity contribution is -0.0755. The van der Waals surface area contributed by atoms with Crippen LogP contribution in [0.5, 0.6) is 5.88 Å². The van der Waals surface area contributed by atoms with Gasteiger partial charge in [-0.2, -0.15) is 5.10 Å². The van der Waals surface area contributed by atoms with Gasteiger partial charge in [-0.05, 0) is 12.5 Å². The maximum Gasteiger partial charge on any atom is 0.233 e. The summed E-state index contributed by atoms with van der Waals surface area (Å²) in [6.07, 6.45) is 1.02. The van der Waals surface area contributed by atoms with Gasteiger partial charge in [0, 0.05) is 25.8 Å². The first kappa shape index (κ1) is 12.8. The van der Waals surface area contributed by atoms with Crippen LogP contribution in [0.4, 0.5) is 0 Å². The van der Waals surface area contributed by atoms with Gasteiger partial charge in [-0.25, -0.2) is 0 Å². The van der Waals surface area contributed by atoms with Crippen molar-refractivity contribution in [3.05, 3.63) is 17.8 Å². The van der Waals surface area contributed by atoms with E-state index in [1.807, 2.05) is 12.1 Å². The first-order chi connectivity index (χ1) is 9.32. The lowest BCUT2D eigenvalue weighted by atomic mass is 9.95. The number of nitrogens with zero attached hydrogens (tertiary/aromatic N) is 3. The molecule has 0 radical (unpaired) electrons. The molecular formula is C13H19N3O3. The molecule has 2 aliphatic rings. The fraction of sp³-hybridized carbons (Fsp3) is 0.692. The monoisotopic (exact) mass is 265 g/mol. The quantitative estimate of drug-likeness (QED) is 0.792. The van der Waals surface area contributed by atoms with E-state index in [1.165, 1.54) is 0 Å². The topological polar surface area (TPSA) is 56.7 Å². The van der Waals surface area contributed by atoms with Crippen molar-refractivity contribution in [3.8, 4) is 5.88 Å². The van der Waals surface area contributed by atoms with Crippen LogP contribution in [0.1, 0.15) is 12.1 Å². The van der Waals surface area contributed by atoms with E-state index in [-0.39, 0.29) is 5.54 Å². The van der Waals surface area contributed by atoms with Crippen LogP contribution >= 0.6 is 0 Å². The van der Waals surface area contributed by atoms with E-state index in [2.05, 4.69) is 15.1 Å². The summed E-state index contributed by atoms with van der Waals surface area (Å²) in [4.78, 5) is 2.42. The smallest absolute Gasteiger partial charge is 0.233 e. The lowest BCUT2D eigenvalue weighted by Crippen LogP contribution is -2.57. The molecule has 3 rings (SSSR count). The maximum atomic E-state index is 5.63. The zero-order chi connectivity index (χ0) is 13.1. The second kappa shape index (κ2) is 5.40. The van der Waals surface area contributed by atoms with Gasteiger partial charge in [-0.15, -0.1) is 5.10 Å². The molecule has 0 aromatic carbocycles. The van der Waals surface area contributed by atoms with Crippen LogP contribution in [0, 0.1) is 0 Å². The van der Waals surface area contributed by atoms with Gasteiger partial charge < -0.3 is 14.2 Å². The highest BCUT2D eigenvalue weighted by atomic mass is 16.5. The van der Waals surface area contributed by atoms with E-state index >= 15 is 0 Å². The molecule has 104 valence electrons. The molecule has 2 saturated heterocycles. The molecule has 0 saturated carbocycles. The molecule has 1 aromatic heterocycles. The van der Waals surface area contributed by atoms with E-state index in [9.17, 15) is 0 Å². The highest BCUT2D eigenvalue weighted by Crippen LogP contribution is 2.30. The Bertz CT molecular complexity index is 418. The van der Waals surface area contributed by atoms with Crippen molar-refractivity contribution in [3.63, 3.8) is 0 Å². The summed E-state index contributed by atoms with van der Waals surface area (Å²) in [7, 11) is 1.59. The third kappa shape index (κ3) is 2.56. The third-order valence-corrected chi connectivity index (χ3v) is 3.89. The molecule has 1 atom stereocenters. The van der Waals surface area contributed by atoms with Gasteiger partial charge in [0.1, 0.15) is 0 Å². The fourth-order valence-corrected chi connectivity index (χ4v) is 2.71. The van der Waals surface area contributed by atoms with Crippen molar-refractivity contribution in [1.82, 2.24) is 15.1 Å². The van der Waals surface area contributed by atoms with E-state index in [0.29, 0.717) is 5.88 Å². The van der Waals surface area contributed by atoms with Crippen molar-refractivity contribution in [2.24, 2.45) is 0 Å². The molecular weight excluding hydrogens is 246 g/mol. The van der Waals surface area contributed by atoms with Crippen LogP contribution in [0.15, 0.2) is 12.1 Å². The molecule has 0 N–H and O–H groups in total. The maximum absolute atomic E-state index is 5.63. The minimum Gasteiger partial charge on any atom is -0.480 e. The Morgan fingerprint density at radius 2 is 2.11 bits per heavy atom. The summed E-state index contributed by atoms with van der Waals surface area (Å²) >= 11 is 0. The third-order valence-electron chi connectivity index (χ3n) is 3.89. The lowest BCUT2D eigenvalue weighted by Gasteiger charge is -2.43. The Kier molecular flexibility index (Phi) is 3.63. The Hall–Kier alpha value is -1.24. The van der Waals surface area contributed by atoms with Crippen LogP contribution in [-0.2, 0) is 16.0 Å². The molecule has 0 unspecified atom stereocenters. The Morgan fingerprint density at radius 3 is 2.79 bits per heavy atom. The minimum atomic E-state index is 0.0276. The number of morpholine rings is 1. The second-order valence-electron chi connectivity index (χ2n) is 5.07. The standard InChI is InChI=1S/C13H19N3O3/c1-17-12-3-2-11(14-15-12)8-16-5-7-19-10-13(16)4-6-18-9-13/h2-3H,4-10H2,1H3/t13-/m0/s1. The zero-order valence-corrected chi connectivity index (χ0v) is 11.2. The zero-order valence-electron chi connectivity index (χ0n) is 11.2. The Balaban J connectivity index is 1.72. The molecule has 1 aromatic rings. The summed E-state index contributed by atoms with van der Waals surface area (Å²) in [6.45, 7) is 4.77. The summed E-state index contributed by atoms with van der Waals surface area (Å²) < 4.78 is 16.2. The number of rotatable bonds is 3. The van der Waals surface area contributed by atoms with Crippen LogP contribution in [0.2, 0.25) is 0 Å². The highest BCUT2D eigenvalue weighted by Gasteiger charge is 2.43. The summed E-state index contributed by atoms with van der Waals surface area (Å²) in [5.41, 5.74) is 0.980. The van der Waals surface area contributed by atoms with Crippen LogP contribution in [0.25, 0.3) is 0 Å². The first-order valence-corrected chi connectivity index (χ1v) is 6.60. The van der Waals surface area contributed by atoms with E-state index in [1.54, 1.807) is 7.11 Å². The largest absolute Gasteiger partial charge is 0.480 e. The normalized spacial score (nSPS) is 27.8. The SMILES string of the molecule is COc1ccc(CN2CCOC[C@@]23CCOC3)nn1. The molecule has 2 fully saturated rings. The second-order valence-corrected chi connectivity index (χ2v) is 5.07. The molecule has 2 aliphatic heterocycles. The Morgan fingerprint density at radius 1 is 1.26 bits per heavy atom. The summed E-state index contributed by atoms with van der Waals surface area (Å²) in [5, 5.41) is 8.22. The molecule has 0 bridgehead atoms. The van der Waals surface area contributed by atoms with Gasteiger partial charge in [0.05, 0.1) is 38.2 Å². The van der Waals surface area contributed by atoms with Gasteiger partial charge in [-0.3, -0.25) is 4.90 Å². The molecule has 0 amide bonds. The van der Waals surface area contributed by atoms with Crippen molar-refractivity contribution < 1.29 is 14.2 Å². The molecule has 19 heavy (non-hydrogen) atoms. The van der Waals surface area contributed by atoms with Crippen LogP contribution < -0.4 is 4.74 Å². The number of methoxy groups -OCH3 is 1. The van der Waals surface area contributed by atoms with E-state index < -0.39 is 0 Å². The average molecular weight is 265 g/mol. The van der Waals surface area contributed by atoms with Crippen molar-refractivity contribution in [1.29, 1.82) is 0 Å². The van der Waals surface area contributed by atoms with Gasteiger partial charge >= 0.3 is 0 Å². The summed E-state index contributed by atoms with van der Waals surface area (Å²) in [6, 6.07) is 3.81. The van der Waals surface area contributed by atoms with Gasteiger partial charge in [-0.1, -0.05) is 0 Å². The van der Waals surface area contributed by atoms with E-state index in [4.69, 9.17) is 14.2 Å². The Labute approximate surface area is 112 Å². The minimum absolute atomic E-state index is 0.0276. The molecule has 6 heteroatoms. The molecule has 6 nitrogen and oxygen atoms in total. The number of ether oxygens (including phenoxy) is 3. The van der Waals surface area contributed by atoms with Crippen LogP contribution in [0.3, 0.4) is 0 Å². The van der Waals surface area contributed by atoms with Gasteiger partial charge in [0.15, 0.2) is 0 Å². The van der Waals surface area contributed by atoms with Crippen molar-refractivity contribution in [2.45, 2.75) is 18.5 Å². The molecule has 0 aliphatic carbocycles. The van der Waals surface area contributed by atoms with Crippen LogP contribution in [-0.4, -0.2) is 60.7 Å². The number of hydrogen-bond acceptors (Lipinski definition) is 6. The molecule has 3 heterocycles. The predicted molar refractivity (Wildman–Crippen MR) is 68.0 cm³/mol. The first-order valence-electron chi connectivity index (χ1n) is 6.60. The van der Waals surface area contributed by atoms with Gasteiger partial charge in [0.2, 0.25) is 5.88 Å². The predicted octanol–water partition coefficient (Wildman–Crippen LogP) is 0.476. The van der Waals surface area contributed by atoms with Crippen molar-refractivity contribution in [2.75, 3.05) is 40.1 Å². The number of aromatic nitrogens is 2. The fourth-order valence-electron chi connectivity index (χ4n) is 2.71. The summed E-state index contributed by atoms with van der Waals surface area (Å²) in [5.74, 6) is 0.546. The average Bonchev–Trinajstić information content (AvgIpc) is 2.92. The highest BCUT2D eigenvalue weighted by molar-refractivity contribution is 5.12. The number of hydrogen-bond donors (Lipinski definition) is 0. The van der Waals surface area contributed by atoms with Gasteiger partial charge in [0.25, 0.3) is 0 Å². The van der Waals surface area contributed by atoms with E-state index in [0.717, 1.165) is 51.6 Å². The van der Waals surface area contributed by atoms with Crippen molar-refractivity contribution >= 4 is 0 Å².